The number of benzene rings is 2. The van der Waals surface area contributed by atoms with Crippen LogP contribution in [0.4, 0.5) is 0 Å². The Kier molecular flexibility index (Phi) is 5.31. The Balaban J connectivity index is 1.43. The molecule has 5 aromatic rings. The highest BCUT2D eigenvalue weighted by atomic mass is 35.5. The summed E-state index contributed by atoms with van der Waals surface area (Å²) < 4.78 is 2.33. The molecule has 5 nitrogen and oxygen atoms in total. The molecule has 3 aromatic heterocycles. The van der Waals surface area contributed by atoms with Crippen LogP contribution >= 0.6 is 11.6 Å². The lowest BCUT2D eigenvalue weighted by molar-refractivity contribution is 0.159. The lowest BCUT2D eigenvalue weighted by Crippen LogP contribution is -2.33. The first kappa shape index (κ1) is 21.3. The molecule has 0 saturated heterocycles. The van der Waals surface area contributed by atoms with Crippen LogP contribution in [-0.2, 0) is 0 Å². The Labute approximate surface area is 204 Å². The van der Waals surface area contributed by atoms with Gasteiger partial charge in [0.2, 0.25) is 0 Å². The minimum Gasteiger partial charge on any atom is -0.329 e. The molecule has 0 spiro atoms. The molecule has 0 radical (unpaired) electrons. The average molecular weight is 468 g/mol. The Bertz CT molecular complexity index is 1490. The normalized spacial score (nSPS) is 18.0. The predicted octanol–water partition coefficient (Wildman–Crippen LogP) is 6.48. The quantitative estimate of drug-likeness (QED) is 0.297. The van der Waals surface area contributed by atoms with Crippen molar-refractivity contribution in [1.82, 2.24) is 24.4 Å². The van der Waals surface area contributed by atoms with Crippen molar-refractivity contribution in [3.05, 3.63) is 78.3 Å². The summed E-state index contributed by atoms with van der Waals surface area (Å²) in [6, 6.07) is 19.0. The first-order valence-electron chi connectivity index (χ1n) is 11.7. The molecule has 1 fully saturated rings. The van der Waals surface area contributed by atoms with Gasteiger partial charge in [0.05, 0.1) is 11.2 Å². The highest BCUT2D eigenvalue weighted by Gasteiger charge is 2.32. The van der Waals surface area contributed by atoms with Gasteiger partial charge in [0, 0.05) is 57.5 Å². The fourth-order valence-electron chi connectivity index (χ4n) is 5.19. The fraction of sp³-hybridized carbons (Fsp3) is 0.250. The largest absolute Gasteiger partial charge is 0.329 e. The summed E-state index contributed by atoms with van der Waals surface area (Å²) >= 11 is 6.83. The number of fused-ring (bicyclic) bond motifs is 2. The van der Waals surface area contributed by atoms with Gasteiger partial charge in [0.1, 0.15) is 12.0 Å². The van der Waals surface area contributed by atoms with E-state index in [2.05, 4.69) is 64.0 Å². The maximum absolute atomic E-state index is 6.83. The van der Waals surface area contributed by atoms with Crippen LogP contribution in [0.2, 0.25) is 5.02 Å². The second-order valence-electron chi connectivity index (χ2n) is 9.55. The van der Waals surface area contributed by atoms with E-state index >= 15 is 0 Å². The smallest absolute Gasteiger partial charge is 0.144 e. The van der Waals surface area contributed by atoms with Crippen molar-refractivity contribution in [2.75, 3.05) is 20.6 Å². The van der Waals surface area contributed by atoms with E-state index in [9.17, 15) is 0 Å². The van der Waals surface area contributed by atoms with Crippen LogP contribution in [0.5, 0.6) is 0 Å². The van der Waals surface area contributed by atoms with Gasteiger partial charge in [0.25, 0.3) is 0 Å². The number of pyridine rings is 1. The molecule has 170 valence electrons. The maximum atomic E-state index is 6.83. The van der Waals surface area contributed by atoms with Crippen molar-refractivity contribution in [2.24, 2.45) is 5.92 Å². The highest BCUT2D eigenvalue weighted by Crippen LogP contribution is 2.43. The van der Waals surface area contributed by atoms with Gasteiger partial charge >= 0.3 is 0 Å². The van der Waals surface area contributed by atoms with Crippen LogP contribution in [0.25, 0.3) is 44.3 Å². The molecule has 1 aliphatic carbocycles. The van der Waals surface area contributed by atoms with Crippen molar-refractivity contribution < 1.29 is 0 Å². The van der Waals surface area contributed by atoms with Gasteiger partial charge in [-0.05, 0) is 51.1 Å². The molecule has 1 saturated carbocycles. The second kappa shape index (κ2) is 8.49. The van der Waals surface area contributed by atoms with Gasteiger partial charge in [-0.1, -0.05) is 48.0 Å². The molecule has 0 amide bonds. The Morgan fingerprint density at radius 2 is 1.85 bits per heavy atom. The lowest BCUT2D eigenvalue weighted by atomic mass is 9.80. The van der Waals surface area contributed by atoms with E-state index in [0.717, 1.165) is 56.8 Å². The lowest BCUT2D eigenvalue weighted by Gasteiger charge is -2.38. The van der Waals surface area contributed by atoms with Crippen molar-refractivity contribution in [3.63, 3.8) is 0 Å². The molecule has 0 aliphatic heterocycles. The average Bonchev–Trinajstić information content (AvgIpc) is 3.20. The molecule has 1 aliphatic rings. The van der Waals surface area contributed by atoms with E-state index in [1.54, 1.807) is 6.33 Å². The third-order valence-electron chi connectivity index (χ3n) is 6.86. The van der Waals surface area contributed by atoms with E-state index in [1.807, 2.05) is 36.5 Å². The number of aromatic nitrogens is 4. The van der Waals surface area contributed by atoms with E-state index in [-0.39, 0.29) is 0 Å². The van der Waals surface area contributed by atoms with E-state index in [1.165, 1.54) is 12.8 Å². The molecular formula is C28H26ClN5. The molecule has 2 aromatic carbocycles. The zero-order valence-corrected chi connectivity index (χ0v) is 20.1. The second-order valence-corrected chi connectivity index (χ2v) is 9.96. The first-order chi connectivity index (χ1) is 16.6. The van der Waals surface area contributed by atoms with Gasteiger partial charge in [-0.25, -0.2) is 15.0 Å². The predicted molar refractivity (Wildman–Crippen MR) is 139 cm³/mol. The van der Waals surface area contributed by atoms with Crippen LogP contribution in [0.3, 0.4) is 0 Å². The summed E-state index contributed by atoms with van der Waals surface area (Å²) in [7, 11) is 4.28. The zero-order valence-electron chi connectivity index (χ0n) is 19.3. The molecule has 0 N–H and O–H groups in total. The molecule has 3 heterocycles. The maximum Gasteiger partial charge on any atom is 0.144 e. The summed E-state index contributed by atoms with van der Waals surface area (Å²) in [6.45, 7) is 1.13. The van der Waals surface area contributed by atoms with Crippen LogP contribution in [-0.4, -0.2) is 45.1 Å². The van der Waals surface area contributed by atoms with Crippen LogP contribution in [0, 0.1) is 5.92 Å². The van der Waals surface area contributed by atoms with Crippen molar-refractivity contribution >= 4 is 33.5 Å². The highest BCUT2D eigenvalue weighted by molar-refractivity contribution is 6.34. The molecule has 0 unspecified atom stereocenters. The van der Waals surface area contributed by atoms with Gasteiger partial charge in [-0.3, -0.25) is 0 Å². The summed E-state index contributed by atoms with van der Waals surface area (Å²) in [4.78, 5) is 16.2. The molecular weight excluding hydrogens is 442 g/mol. The summed E-state index contributed by atoms with van der Waals surface area (Å²) in [5, 5.41) is 2.77. The number of rotatable bonds is 5. The van der Waals surface area contributed by atoms with Crippen LogP contribution < -0.4 is 0 Å². The van der Waals surface area contributed by atoms with Gasteiger partial charge < -0.3 is 9.47 Å². The Morgan fingerprint density at radius 3 is 2.65 bits per heavy atom. The fourth-order valence-corrected chi connectivity index (χ4v) is 5.47. The topological polar surface area (TPSA) is 46.8 Å². The van der Waals surface area contributed by atoms with Crippen LogP contribution in [0.15, 0.2) is 73.3 Å². The third-order valence-corrected chi connectivity index (χ3v) is 7.17. The van der Waals surface area contributed by atoms with Gasteiger partial charge in [0.15, 0.2) is 0 Å². The summed E-state index contributed by atoms with van der Waals surface area (Å²) in [5.41, 5.74) is 5.98. The third kappa shape index (κ3) is 3.75. The summed E-state index contributed by atoms with van der Waals surface area (Å²) in [5.74, 6) is 0.729. The minimum atomic E-state index is 0.457. The number of nitrogens with zero attached hydrogens (tertiary/aromatic N) is 5. The first-order valence-corrected chi connectivity index (χ1v) is 12.1. The number of hydrogen-bond donors (Lipinski definition) is 0. The van der Waals surface area contributed by atoms with Crippen molar-refractivity contribution in [2.45, 2.75) is 18.9 Å². The van der Waals surface area contributed by atoms with Crippen LogP contribution in [0.1, 0.15) is 18.9 Å². The SMILES string of the molecule is CN(C)CC1CC(n2cc(-c3cc4nc(-c5ccccc5)ccc4cc3Cl)c3cncnc32)C1. The van der Waals surface area contributed by atoms with Crippen molar-refractivity contribution in [3.8, 4) is 22.4 Å². The summed E-state index contributed by atoms with van der Waals surface area (Å²) in [6.07, 6.45) is 8.08. The molecule has 0 bridgehead atoms. The monoisotopic (exact) mass is 467 g/mol. The number of hydrogen-bond acceptors (Lipinski definition) is 4. The number of halogens is 1. The zero-order chi connectivity index (χ0) is 23.2. The molecule has 34 heavy (non-hydrogen) atoms. The van der Waals surface area contributed by atoms with Gasteiger partial charge in [-0.15, -0.1) is 0 Å². The standard InChI is InChI=1S/C28H26ClN5/c1-33(2)15-18-10-21(11-18)34-16-24(23-14-30-17-31-28(23)34)22-13-27-20(12-25(22)29)8-9-26(32-27)19-6-4-3-5-7-19/h3-9,12-14,16-18,21H,10-11,15H2,1-2H3. The van der Waals surface area contributed by atoms with Crippen molar-refractivity contribution in [1.29, 1.82) is 0 Å². The minimum absolute atomic E-state index is 0.457. The van der Waals surface area contributed by atoms with E-state index in [4.69, 9.17) is 16.6 Å². The Hall–Kier alpha value is -3.28. The molecule has 6 rings (SSSR count). The van der Waals surface area contributed by atoms with E-state index < -0.39 is 0 Å². The molecule has 0 atom stereocenters. The van der Waals surface area contributed by atoms with E-state index in [0.29, 0.717) is 11.1 Å². The Morgan fingerprint density at radius 1 is 1.03 bits per heavy atom. The molecule has 6 heteroatoms. The van der Waals surface area contributed by atoms with Gasteiger partial charge in [-0.2, -0.15) is 0 Å².